The van der Waals surface area contributed by atoms with Crippen molar-refractivity contribution in [2.24, 2.45) is 0 Å². The summed E-state index contributed by atoms with van der Waals surface area (Å²) in [6.45, 7) is 1.23. The van der Waals surface area contributed by atoms with Crippen molar-refractivity contribution >= 4 is 50.7 Å². The maximum absolute atomic E-state index is 13.2. The normalized spacial score (nSPS) is 11.0. The molecule has 0 aliphatic heterocycles. The molecule has 0 fully saturated rings. The number of anilines is 3. The number of aromatic nitrogens is 2. The third kappa shape index (κ3) is 5.57. The minimum absolute atomic E-state index is 0.0434. The molecule has 3 aromatic rings. The third-order valence-corrected chi connectivity index (χ3v) is 6.61. The topological polar surface area (TPSA) is 145 Å². The lowest BCUT2D eigenvalue weighted by atomic mass is 10.3. The molecule has 33 heavy (non-hydrogen) atoms. The first-order valence-corrected chi connectivity index (χ1v) is 11.5. The summed E-state index contributed by atoms with van der Waals surface area (Å²) in [7, 11) is -3.94. The van der Waals surface area contributed by atoms with Gasteiger partial charge in [0.05, 0.1) is 21.3 Å². The standard InChI is InChI=1S/C21H20ClN5O5S/c1-2-27(14-6-4-3-5-7-14)33(30,31)15-8-9-16(22)17(12-15)26-18(28)13-32-21(29)19-20(23)25-11-10-24-19/h3-12H,2,13H2,1H3,(H2,23,25)(H,26,28). The van der Waals surface area contributed by atoms with Gasteiger partial charge in [-0.15, -0.1) is 0 Å². The fourth-order valence-corrected chi connectivity index (χ4v) is 4.53. The molecule has 0 aliphatic carbocycles. The van der Waals surface area contributed by atoms with Gasteiger partial charge in [-0.3, -0.25) is 9.10 Å². The Morgan fingerprint density at radius 1 is 1.12 bits per heavy atom. The maximum atomic E-state index is 13.2. The number of nitrogens with zero attached hydrogens (tertiary/aromatic N) is 3. The van der Waals surface area contributed by atoms with Gasteiger partial charge in [0, 0.05) is 18.9 Å². The number of carbonyl (C=O) groups is 2. The van der Waals surface area contributed by atoms with Crippen molar-refractivity contribution < 1.29 is 22.7 Å². The Kier molecular flexibility index (Phi) is 7.46. The number of sulfonamides is 1. The second-order valence-electron chi connectivity index (χ2n) is 6.56. The monoisotopic (exact) mass is 489 g/mol. The van der Waals surface area contributed by atoms with E-state index in [0.717, 1.165) is 0 Å². The summed E-state index contributed by atoms with van der Waals surface area (Å²) in [4.78, 5) is 31.7. The maximum Gasteiger partial charge on any atom is 0.361 e. The van der Waals surface area contributed by atoms with E-state index in [4.69, 9.17) is 22.1 Å². The van der Waals surface area contributed by atoms with Gasteiger partial charge in [-0.2, -0.15) is 0 Å². The SMILES string of the molecule is CCN(c1ccccc1)S(=O)(=O)c1ccc(Cl)c(NC(=O)COC(=O)c2nccnc2N)c1. The lowest BCUT2D eigenvalue weighted by molar-refractivity contribution is -0.119. The lowest BCUT2D eigenvalue weighted by Gasteiger charge is -2.23. The molecule has 3 rings (SSSR count). The summed E-state index contributed by atoms with van der Waals surface area (Å²) in [5, 5.41) is 2.55. The summed E-state index contributed by atoms with van der Waals surface area (Å²) in [5.74, 6) is -1.81. The predicted octanol–water partition coefficient (Wildman–Crippen LogP) is 2.72. The van der Waals surface area contributed by atoms with Gasteiger partial charge < -0.3 is 15.8 Å². The zero-order valence-corrected chi connectivity index (χ0v) is 19.0. The number of hydrogen-bond donors (Lipinski definition) is 2. The number of carbonyl (C=O) groups excluding carboxylic acids is 2. The number of nitrogen functional groups attached to an aromatic ring is 1. The van der Waals surface area contributed by atoms with Crippen LogP contribution in [0.25, 0.3) is 0 Å². The highest BCUT2D eigenvalue weighted by Crippen LogP contribution is 2.29. The largest absolute Gasteiger partial charge is 0.451 e. The van der Waals surface area contributed by atoms with E-state index in [1.54, 1.807) is 37.3 Å². The number of para-hydroxylation sites is 1. The second-order valence-corrected chi connectivity index (χ2v) is 8.83. The number of nitrogens with two attached hydrogens (primary N) is 1. The molecule has 0 aliphatic rings. The van der Waals surface area contributed by atoms with E-state index >= 15 is 0 Å². The van der Waals surface area contributed by atoms with E-state index in [-0.39, 0.29) is 33.7 Å². The van der Waals surface area contributed by atoms with Crippen LogP contribution >= 0.6 is 11.6 Å². The molecule has 10 nitrogen and oxygen atoms in total. The number of halogens is 1. The summed E-state index contributed by atoms with van der Waals surface area (Å²) in [6, 6.07) is 12.5. The molecule has 0 spiro atoms. The summed E-state index contributed by atoms with van der Waals surface area (Å²) in [5.41, 5.74) is 5.87. The van der Waals surface area contributed by atoms with Gasteiger partial charge in [-0.05, 0) is 37.3 Å². The highest BCUT2D eigenvalue weighted by atomic mass is 35.5. The fraction of sp³-hybridized carbons (Fsp3) is 0.143. The number of hydrogen-bond acceptors (Lipinski definition) is 8. The van der Waals surface area contributed by atoms with E-state index in [1.165, 1.54) is 34.9 Å². The molecule has 0 radical (unpaired) electrons. The van der Waals surface area contributed by atoms with Crippen molar-refractivity contribution in [3.63, 3.8) is 0 Å². The number of esters is 1. The molecule has 0 saturated heterocycles. The van der Waals surface area contributed by atoms with Crippen LogP contribution < -0.4 is 15.4 Å². The highest BCUT2D eigenvalue weighted by molar-refractivity contribution is 7.92. The first-order chi connectivity index (χ1) is 15.7. The van der Waals surface area contributed by atoms with Crippen LogP contribution in [-0.2, 0) is 19.6 Å². The number of amides is 1. The quantitative estimate of drug-likeness (QED) is 0.459. The first-order valence-electron chi connectivity index (χ1n) is 9.64. The minimum atomic E-state index is -3.94. The molecule has 0 saturated carbocycles. The van der Waals surface area contributed by atoms with E-state index in [0.29, 0.717) is 5.69 Å². The van der Waals surface area contributed by atoms with Crippen molar-refractivity contribution in [1.82, 2.24) is 9.97 Å². The van der Waals surface area contributed by atoms with Gasteiger partial charge in [0.1, 0.15) is 0 Å². The van der Waals surface area contributed by atoms with Gasteiger partial charge >= 0.3 is 5.97 Å². The van der Waals surface area contributed by atoms with Crippen molar-refractivity contribution in [1.29, 1.82) is 0 Å². The van der Waals surface area contributed by atoms with Crippen LogP contribution in [-0.4, -0.2) is 43.4 Å². The Balaban J connectivity index is 1.75. The van der Waals surface area contributed by atoms with E-state index in [1.807, 2.05) is 0 Å². The molecule has 1 heterocycles. The number of nitrogens with one attached hydrogen (secondary N) is 1. The number of benzene rings is 2. The van der Waals surface area contributed by atoms with Crippen LogP contribution in [0.1, 0.15) is 17.4 Å². The van der Waals surface area contributed by atoms with Crippen LogP contribution in [0.15, 0.2) is 65.8 Å². The van der Waals surface area contributed by atoms with Crippen LogP contribution in [0.5, 0.6) is 0 Å². The van der Waals surface area contributed by atoms with E-state index in [2.05, 4.69) is 15.3 Å². The van der Waals surface area contributed by atoms with Crippen LogP contribution in [0.2, 0.25) is 5.02 Å². The molecule has 0 atom stereocenters. The molecule has 0 bridgehead atoms. The number of rotatable bonds is 8. The Bertz CT molecular complexity index is 1270. The van der Waals surface area contributed by atoms with E-state index < -0.39 is 28.5 Å². The molecule has 2 aromatic carbocycles. The van der Waals surface area contributed by atoms with Crippen molar-refractivity contribution in [2.75, 3.05) is 28.5 Å². The Labute approximate surface area is 195 Å². The van der Waals surface area contributed by atoms with Gasteiger partial charge in [0.2, 0.25) is 0 Å². The average molecular weight is 490 g/mol. The molecule has 172 valence electrons. The van der Waals surface area contributed by atoms with Gasteiger partial charge in [-0.1, -0.05) is 29.8 Å². The number of ether oxygens (including phenoxy) is 1. The van der Waals surface area contributed by atoms with Crippen LogP contribution in [0, 0.1) is 0 Å². The van der Waals surface area contributed by atoms with Crippen LogP contribution in [0.4, 0.5) is 17.2 Å². The molecule has 0 unspecified atom stereocenters. The predicted molar refractivity (Wildman–Crippen MR) is 123 cm³/mol. The Morgan fingerprint density at radius 2 is 1.82 bits per heavy atom. The molecular weight excluding hydrogens is 470 g/mol. The van der Waals surface area contributed by atoms with Crippen molar-refractivity contribution in [3.8, 4) is 0 Å². The van der Waals surface area contributed by atoms with Crippen molar-refractivity contribution in [3.05, 3.63) is 71.6 Å². The van der Waals surface area contributed by atoms with Crippen LogP contribution in [0.3, 0.4) is 0 Å². The summed E-state index contributed by atoms with van der Waals surface area (Å²) in [6.07, 6.45) is 2.56. The third-order valence-electron chi connectivity index (χ3n) is 4.39. The molecule has 12 heteroatoms. The van der Waals surface area contributed by atoms with E-state index in [9.17, 15) is 18.0 Å². The zero-order chi connectivity index (χ0) is 24.0. The molecule has 3 N–H and O–H groups in total. The van der Waals surface area contributed by atoms with Crippen molar-refractivity contribution in [2.45, 2.75) is 11.8 Å². The summed E-state index contributed by atoms with van der Waals surface area (Å²) < 4.78 is 32.5. The highest BCUT2D eigenvalue weighted by Gasteiger charge is 2.25. The van der Waals surface area contributed by atoms with Gasteiger partial charge in [0.25, 0.3) is 15.9 Å². The minimum Gasteiger partial charge on any atom is -0.451 e. The van der Waals surface area contributed by atoms with Gasteiger partial charge in [-0.25, -0.2) is 23.2 Å². The zero-order valence-electron chi connectivity index (χ0n) is 17.4. The molecule has 1 amide bonds. The smallest absolute Gasteiger partial charge is 0.361 e. The second kappa shape index (κ2) is 10.3. The Hall–Kier alpha value is -3.70. The summed E-state index contributed by atoms with van der Waals surface area (Å²) >= 11 is 6.13. The average Bonchev–Trinajstić information content (AvgIpc) is 2.80. The lowest BCUT2D eigenvalue weighted by Crippen LogP contribution is -2.30. The molecular formula is C21H20ClN5O5S. The first kappa shape index (κ1) is 24.0. The Morgan fingerprint density at radius 3 is 2.48 bits per heavy atom. The van der Waals surface area contributed by atoms with Gasteiger partial charge in [0.15, 0.2) is 18.1 Å². The fourth-order valence-electron chi connectivity index (χ4n) is 2.87. The molecule has 1 aromatic heterocycles.